The highest BCUT2D eigenvalue weighted by Crippen LogP contribution is 2.47. The average molecular weight is 667 g/mol. The smallest absolute Gasteiger partial charge is 0.319 e. The summed E-state index contributed by atoms with van der Waals surface area (Å²) in [6.07, 6.45) is 8.16. The summed E-state index contributed by atoms with van der Waals surface area (Å²) < 4.78 is 37.4. The molecule has 6 aromatic rings. The molecule has 8 heterocycles. The van der Waals surface area contributed by atoms with Gasteiger partial charge in [0.2, 0.25) is 0 Å². The topological polar surface area (TPSA) is 95.1 Å². The molecule has 0 aliphatic carbocycles. The van der Waals surface area contributed by atoms with Crippen molar-refractivity contribution in [2.75, 3.05) is 37.7 Å². The molecule has 0 radical (unpaired) electrons. The lowest BCUT2D eigenvalue weighted by Gasteiger charge is -2.34. The van der Waals surface area contributed by atoms with E-state index in [1.54, 1.807) is 17.4 Å². The Morgan fingerprint density at radius 3 is 2.81 bits per heavy atom. The Bertz CT molecular complexity index is 2240. The zero-order valence-electron chi connectivity index (χ0n) is 26.7. The molecule has 0 unspecified atom stereocenters. The van der Waals surface area contributed by atoms with E-state index in [-0.39, 0.29) is 11.4 Å². The monoisotopic (exact) mass is 666 g/mol. The number of aromatic amines is 1. The fraction of sp³-hybridized carbons (Fsp3) is 0.444. The number of aryl methyl sites for hydroxylation is 1. The molecule has 4 atom stereocenters. The van der Waals surface area contributed by atoms with Gasteiger partial charge in [-0.15, -0.1) is 11.3 Å². The first-order valence-electron chi connectivity index (χ1n) is 17.2. The Labute approximate surface area is 279 Å². The molecule has 0 amide bonds. The molecule has 2 aromatic carbocycles. The number of thiophene rings is 1. The predicted molar refractivity (Wildman–Crippen MR) is 185 cm³/mol. The number of benzene rings is 2. The third-order valence-electron chi connectivity index (χ3n) is 11.3. The summed E-state index contributed by atoms with van der Waals surface area (Å²) in [5.41, 5.74) is 2.90. The Kier molecular flexibility index (Phi) is 6.49. The van der Waals surface area contributed by atoms with Crippen molar-refractivity contribution >= 4 is 59.1 Å². The second-order valence-electron chi connectivity index (χ2n) is 14.1. The van der Waals surface area contributed by atoms with Crippen LogP contribution in [0.2, 0.25) is 0 Å². The molecular weight excluding hydrogens is 631 g/mol. The van der Waals surface area contributed by atoms with E-state index in [1.807, 2.05) is 31.5 Å². The van der Waals surface area contributed by atoms with Gasteiger partial charge in [0.25, 0.3) is 0 Å². The molecule has 12 heteroatoms. The number of piperazine rings is 1. The largest absolute Gasteiger partial charge is 0.461 e. The number of H-pyrrole nitrogens is 1. The molecule has 0 spiro atoms. The molecule has 4 saturated heterocycles. The number of halogens is 2. The van der Waals surface area contributed by atoms with Gasteiger partial charge in [0.05, 0.1) is 33.0 Å². The van der Waals surface area contributed by atoms with Crippen LogP contribution in [0.25, 0.3) is 53.2 Å². The molecule has 10 rings (SSSR count). The minimum Gasteiger partial charge on any atom is -0.461 e. The van der Waals surface area contributed by atoms with Crippen molar-refractivity contribution in [3.63, 3.8) is 0 Å². The summed E-state index contributed by atoms with van der Waals surface area (Å²) in [6.45, 7) is 5.47. The number of nitrogens with one attached hydrogen (secondary N) is 2. The van der Waals surface area contributed by atoms with Gasteiger partial charge in [0.15, 0.2) is 0 Å². The van der Waals surface area contributed by atoms with Crippen LogP contribution < -0.4 is 15.0 Å². The molecule has 4 aromatic heterocycles. The number of hydrogen-bond donors (Lipinski definition) is 2. The second-order valence-corrected chi connectivity index (χ2v) is 15.1. The third kappa shape index (κ3) is 4.31. The summed E-state index contributed by atoms with van der Waals surface area (Å²) in [6, 6.07) is 8.65. The highest BCUT2D eigenvalue weighted by Gasteiger charge is 2.49. The first-order valence-corrected chi connectivity index (χ1v) is 18.0. The van der Waals surface area contributed by atoms with Crippen LogP contribution in [0.1, 0.15) is 44.6 Å². The lowest BCUT2D eigenvalue weighted by Crippen LogP contribution is -2.51. The SMILES string of the molecule is CCc1c(F)ccc2cc3[nH]ncc3c(-c3nccc4c3sc3nc(OC[C@@]56CCCN5C[C@H](F)C6)nc(N5C[C@H]6CC[C@@H](C5)N6)c34)c12. The highest BCUT2D eigenvalue weighted by atomic mass is 32.1. The maximum absolute atomic E-state index is 15.4. The van der Waals surface area contributed by atoms with Crippen LogP contribution in [0.15, 0.2) is 36.7 Å². The fourth-order valence-electron chi connectivity index (χ4n) is 9.20. The number of hydrogen-bond acceptors (Lipinski definition) is 9. The normalized spacial score (nSPS) is 25.7. The minimum atomic E-state index is -0.824. The Morgan fingerprint density at radius 1 is 1.08 bits per heavy atom. The summed E-state index contributed by atoms with van der Waals surface area (Å²) >= 11 is 1.58. The fourth-order valence-corrected chi connectivity index (χ4v) is 10.3. The van der Waals surface area contributed by atoms with Gasteiger partial charge in [-0.25, -0.2) is 8.78 Å². The molecule has 2 bridgehead atoms. The molecule has 2 N–H and O–H groups in total. The number of anilines is 1. The van der Waals surface area contributed by atoms with Crippen LogP contribution in [0.5, 0.6) is 6.01 Å². The van der Waals surface area contributed by atoms with E-state index in [0.29, 0.717) is 49.7 Å². The van der Waals surface area contributed by atoms with Gasteiger partial charge in [-0.1, -0.05) is 13.0 Å². The molecule has 4 aliphatic heterocycles. The standard InChI is InChI=1S/C36H36F2N8OS/c1-2-23-26(38)7-4-19-12-27-25(14-40-44-27)29(28(19)23)31-32-24(8-10-39-31)30-33(45-16-21-5-6-22(17-45)41-21)42-35(43-34(30)48-32)47-18-36-9-3-11-46(36)15-20(37)13-36/h4,7-8,10,12,14,20-22,41H,2-3,5-6,9,11,13,15-18H2,1H3,(H,40,44)/t20-,21-,22+,36+/m1/s1. The Balaban J connectivity index is 1.18. The lowest BCUT2D eigenvalue weighted by atomic mass is 9.92. The van der Waals surface area contributed by atoms with Gasteiger partial charge in [0, 0.05) is 60.7 Å². The van der Waals surface area contributed by atoms with Crippen LogP contribution >= 0.6 is 11.3 Å². The van der Waals surface area contributed by atoms with Gasteiger partial charge in [-0.3, -0.25) is 15.0 Å². The molecule has 246 valence electrons. The van der Waals surface area contributed by atoms with Crippen molar-refractivity contribution < 1.29 is 13.5 Å². The summed E-state index contributed by atoms with van der Waals surface area (Å²) in [5, 5.41) is 16.0. The van der Waals surface area contributed by atoms with Crippen LogP contribution in [0.3, 0.4) is 0 Å². The molecule has 48 heavy (non-hydrogen) atoms. The number of ether oxygens (including phenoxy) is 1. The number of alkyl halides is 1. The van der Waals surface area contributed by atoms with E-state index >= 15 is 4.39 Å². The molecule has 9 nitrogen and oxygen atoms in total. The Hall–Kier alpha value is -4.00. The first-order chi connectivity index (χ1) is 23.5. The zero-order chi connectivity index (χ0) is 32.1. The van der Waals surface area contributed by atoms with E-state index in [9.17, 15) is 4.39 Å². The maximum Gasteiger partial charge on any atom is 0.319 e. The van der Waals surface area contributed by atoms with Gasteiger partial charge in [-0.2, -0.15) is 15.1 Å². The zero-order valence-corrected chi connectivity index (χ0v) is 27.5. The van der Waals surface area contributed by atoms with Crippen molar-refractivity contribution in [1.29, 1.82) is 0 Å². The van der Waals surface area contributed by atoms with Gasteiger partial charge < -0.3 is 15.0 Å². The number of nitrogens with zero attached hydrogens (tertiary/aromatic N) is 6. The quantitative estimate of drug-likeness (QED) is 0.207. The van der Waals surface area contributed by atoms with Crippen LogP contribution in [-0.2, 0) is 6.42 Å². The van der Waals surface area contributed by atoms with Gasteiger partial charge in [0.1, 0.15) is 29.2 Å². The van der Waals surface area contributed by atoms with Crippen molar-refractivity contribution in [2.45, 2.75) is 69.2 Å². The summed E-state index contributed by atoms with van der Waals surface area (Å²) in [7, 11) is 0. The summed E-state index contributed by atoms with van der Waals surface area (Å²) in [4.78, 5) is 20.6. The molecule has 0 saturated carbocycles. The number of pyridine rings is 1. The van der Waals surface area contributed by atoms with Crippen molar-refractivity contribution in [3.05, 3.63) is 48.0 Å². The lowest BCUT2D eigenvalue weighted by molar-refractivity contribution is 0.107. The number of fused-ring (bicyclic) bond motifs is 8. The van der Waals surface area contributed by atoms with Gasteiger partial charge >= 0.3 is 6.01 Å². The summed E-state index contributed by atoms with van der Waals surface area (Å²) in [5.74, 6) is 0.654. The van der Waals surface area contributed by atoms with E-state index < -0.39 is 6.17 Å². The van der Waals surface area contributed by atoms with E-state index in [1.165, 1.54) is 0 Å². The molecule has 4 aliphatic rings. The highest BCUT2D eigenvalue weighted by molar-refractivity contribution is 7.26. The maximum atomic E-state index is 15.4. The van der Waals surface area contributed by atoms with E-state index in [2.05, 4.69) is 31.4 Å². The first kappa shape index (κ1) is 29.0. The van der Waals surface area contributed by atoms with Crippen LogP contribution in [0, 0.1) is 5.82 Å². The van der Waals surface area contributed by atoms with Crippen molar-refractivity contribution in [1.82, 2.24) is 35.4 Å². The predicted octanol–water partition coefficient (Wildman–Crippen LogP) is 6.53. The molecule has 4 fully saturated rings. The van der Waals surface area contributed by atoms with E-state index in [0.717, 1.165) is 104 Å². The van der Waals surface area contributed by atoms with E-state index in [4.69, 9.17) is 19.7 Å². The Morgan fingerprint density at radius 2 is 1.96 bits per heavy atom. The molecular formula is C36H36F2N8OS. The third-order valence-corrected chi connectivity index (χ3v) is 12.4. The van der Waals surface area contributed by atoms with Crippen molar-refractivity contribution in [2.24, 2.45) is 0 Å². The van der Waals surface area contributed by atoms with Crippen molar-refractivity contribution in [3.8, 4) is 17.3 Å². The minimum absolute atomic E-state index is 0.220. The van der Waals surface area contributed by atoms with Gasteiger partial charge in [-0.05, 0) is 73.2 Å². The number of aromatic nitrogens is 5. The van der Waals surface area contributed by atoms with Crippen LogP contribution in [-0.4, -0.2) is 86.6 Å². The second kappa shape index (κ2) is 10.8. The average Bonchev–Trinajstić information content (AvgIpc) is 3.91. The number of rotatable bonds is 6. The van der Waals surface area contributed by atoms with Crippen LogP contribution in [0.4, 0.5) is 14.6 Å².